The van der Waals surface area contributed by atoms with Crippen molar-refractivity contribution in [2.24, 2.45) is 5.92 Å². The number of aromatic nitrogens is 1. The summed E-state index contributed by atoms with van der Waals surface area (Å²) in [4.78, 5) is 4.56. The van der Waals surface area contributed by atoms with Crippen molar-refractivity contribution in [3.8, 4) is 5.75 Å². The van der Waals surface area contributed by atoms with Crippen LogP contribution in [0.3, 0.4) is 0 Å². The molecule has 0 aliphatic carbocycles. The van der Waals surface area contributed by atoms with Crippen LogP contribution in [0.4, 0.5) is 0 Å². The number of ether oxygens (including phenoxy) is 1. The largest absolute Gasteiger partial charge is 0.497 e. The third kappa shape index (κ3) is 1.78. The lowest BCUT2D eigenvalue weighted by atomic mass is 9.98. The highest BCUT2D eigenvalue weighted by Crippen LogP contribution is 2.30. The first-order valence-corrected chi connectivity index (χ1v) is 5.93. The fourth-order valence-electron chi connectivity index (χ4n) is 2.35. The first kappa shape index (κ1) is 10.6. The fraction of sp³-hybridized carbons (Fsp3) is 0.462. The number of hydrogen-bond donors (Lipinski definition) is 1. The fourth-order valence-corrected chi connectivity index (χ4v) is 2.35. The maximum Gasteiger partial charge on any atom is 0.200 e. The molecule has 4 heteroatoms. The highest BCUT2D eigenvalue weighted by atomic mass is 16.5. The van der Waals surface area contributed by atoms with Gasteiger partial charge in [0.2, 0.25) is 0 Å². The summed E-state index contributed by atoms with van der Waals surface area (Å²) in [6.07, 6.45) is 0. The van der Waals surface area contributed by atoms with Crippen molar-refractivity contribution in [2.45, 2.75) is 12.8 Å². The van der Waals surface area contributed by atoms with E-state index in [1.165, 1.54) is 0 Å². The van der Waals surface area contributed by atoms with Gasteiger partial charge in [-0.25, -0.2) is 4.98 Å². The average Bonchev–Trinajstić information content (AvgIpc) is 2.93. The lowest BCUT2D eigenvalue weighted by Gasteiger charge is -2.08. The number of hydrogen-bond acceptors (Lipinski definition) is 4. The highest BCUT2D eigenvalue weighted by molar-refractivity contribution is 5.74. The number of nitrogens with one attached hydrogen (secondary N) is 1. The molecule has 4 nitrogen and oxygen atoms in total. The third-order valence-corrected chi connectivity index (χ3v) is 3.45. The van der Waals surface area contributed by atoms with Crippen LogP contribution in [0.5, 0.6) is 5.75 Å². The zero-order valence-electron chi connectivity index (χ0n) is 10.1. The smallest absolute Gasteiger partial charge is 0.200 e. The Kier molecular flexibility index (Phi) is 2.52. The summed E-state index contributed by atoms with van der Waals surface area (Å²) < 4.78 is 11.0. The van der Waals surface area contributed by atoms with Gasteiger partial charge in [0.15, 0.2) is 11.5 Å². The van der Waals surface area contributed by atoms with Crippen molar-refractivity contribution in [3.05, 3.63) is 24.1 Å². The number of benzene rings is 1. The second-order valence-electron chi connectivity index (χ2n) is 4.63. The second kappa shape index (κ2) is 4.04. The van der Waals surface area contributed by atoms with Gasteiger partial charge in [-0.3, -0.25) is 0 Å². The molecule has 0 spiro atoms. The molecule has 1 aliphatic heterocycles. The molecule has 1 aromatic carbocycles. The summed E-state index contributed by atoms with van der Waals surface area (Å²) in [6, 6.07) is 5.73. The standard InChI is InChI=1S/C13H16N2O2/c1-8-6-14-7-10(8)13-15-11-4-3-9(16-2)5-12(11)17-13/h3-5,8,10,14H,6-7H2,1-2H3. The molecular formula is C13H16N2O2. The molecule has 17 heavy (non-hydrogen) atoms. The van der Waals surface area contributed by atoms with Crippen LogP contribution in [0.2, 0.25) is 0 Å². The van der Waals surface area contributed by atoms with Crippen LogP contribution in [-0.4, -0.2) is 25.2 Å². The first-order chi connectivity index (χ1) is 8.28. The van der Waals surface area contributed by atoms with Gasteiger partial charge in [0.1, 0.15) is 11.3 Å². The monoisotopic (exact) mass is 232 g/mol. The topological polar surface area (TPSA) is 47.3 Å². The predicted octanol–water partition coefficient (Wildman–Crippen LogP) is 2.16. The van der Waals surface area contributed by atoms with E-state index >= 15 is 0 Å². The Labute approximate surface area is 100.0 Å². The molecule has 2 aromatic rings. The van der Waals surface area contributed by atoms with Gasteiger partial charge in [0.05, 0.1) is 13.0 Å². The minimum atomic E-state index is 0.383. The minimum absolute atomic E-state index is 0.383. The lowest BCUT2D eigenvalue weighted by Crippen LogP contribution is -2.08. The van der Waals surface area contributed by atoms with Gasteiger partial charge >= 0.3 is 0 Å². The third-order valence-electron chi connectivity index (χ3n) is 3.45. The Hall–Kier alpha value is -1.55. The summed E-state index contributed by atoms with van der Waals surface area (Å²) in [5.41, 5.74) is 1.71. The van der Waals surface area contributed by atoms with Gasteiger partial charge in [-0.05, 0) is 24.6 Å². The molecule has 1 aliphatic rings. The van der Waals surface area contributed by atoms with Gasteiger partial charge in [-0.15, -0.1) is 0 Å². The van der Waals surface area contributed by atoms with Crippen molar-refractivity contribution in [1.29, 1.82) is 0 Å². The Morgan fingerprint density at radius 3 is 3.00 bits per heavy atom. The van der Waals surface area contributed by atoms with Gasteiger partial charge in [-0.1, -0.05) is 6.92 Å². The number of nitrogens with zero attached hydrogens (tertiary/aromatic N) is 1. The molecule has 0 radical (unpaired) electrons. The number of oxazole rings is 1. The van der Waals surface area contributed by atoms with E-state index in [1.54, 1.807) is 7.11 Å². The normalized spacial score (nSPS) is 24.4. The highest BCUT2D eigenvalue weighted by Gasteiger charge is 2.28. The van der Waals surface area contributed by atoms with Crippen LogP contribution in [0.25, 0.3) is 11.1 Å². The molecular weight excluding hydrogens is 216 g/mol. The molecule has 0 bridgehead atoms. The summed E-state index contributed by atoms with van der Waals surface area (Å²) in [5.74, 6) is 2.60. The van der Waals surface area contributed by atoms with E-state index in [9.17, 15) is 0 Å². The van der Waals surface area contributed by atoms with Crippen LogP contribution in [0, 0.1) is 5.92 Å². The summed E-state index contributed by atoms with van der Waals surface area (Å²) in [7, 11) is 1.65. The molecule has 0 amide bonds. The Bertz CT molecular complexity index is 535. The number of fused-ring (bicyclic) bond motifs is 1. The van der Waals surface area contributed by atoms with Crippen LogP contribution < -0.4 is 10.1 Å². The number of rotatable bonds is 2. The Morgan fingerprint density at radius 2 is 2.29 bits per heavy atom. The van der Waals surface area contributed by atoms with Crippen molar-refractivity contribution in [2.75, 3.05) is 20.2 Å². The predicted molar refractivity (Wildman–Crippen MR) is 65.3 cm³/mol. The van der Waals surface area contributed by atoms with E-state index in [0.29, 0.717) is 11.8 Å². The van der Waals surface area contributed by atoms with Crippen molar-refractivity contribution >= 4 is 11.1 Å². The van der Waals surface area contributed by atoms with E-state index in [2.05, 4.69) is 17.2 Å². The summed E-state index contributed by atoms with van der Waals surface area (Å²) >= 11 is 0. The SMILES string of the molecule is COc1ccc2nc(C3CNCC3C)oc2c1. The molecule has 3 rings (SSSR count). The molecule has 1 fully saturated rings. The molecule has 2 heterocycles. The first-order valence-electron chi connectivity index (χ1n) is 5.93. The van der Waals surface area contributed by atoms with Gasteiger partial charge in [0.25, 0.3) is 0 Å². The number of methoxy groups -OCH3 is 1. The average molecular weight is 232 g/mol. The zero-order valence-corrected chi connectivity index (χ0v) is 10.1. The lowest BCUT2D eigenvalue weighted by molar-refractivity contribution is 0.412. The van der Waals surface area contributed by atoms with Gasteiger partial charge in [0, 0.05) is 12.6 Å². The zero-order chi connectivity index (χ0) is 11.8. The minimum Gasteiger partial charge on any atom is -0.497 e. The van der Waals surface area contributed by atoms with E-state index in [4.69, 9.17) is 9.15 Å². The molecule has 2 unspecified atom stereocenters. The van der Waals surface area contributed by atoms with Crippen LogP contribution in [0.1, 0.15) is 18.7 Å². The van der Waals surface area contributed by atoms with Gasteiger partial charge < -0.3 is 14.5 Å². The van der Waals surface area contributed by atoms with Crippen LogP contribution >= 0.6 is 0 Å². The van der Waals surface area contributed by atoms with Crippen LogP contribution in [0.15, 0.2) is 22.6 Å². The van der Waals surface area contributed by atoms with E-state index in [-0.39, 0.29) is 0 Å². The maximum atomic E-state index is 5.83. The summed E-state index contributed by atoms with van der Waals surface area (Å²) in [5, 5.41) is 3.36. The quantitative estimate of drug-likeness (QED) is 0.862. The molecule has 0 saturated carbocycles. The van der Waals surface area contributed by atoms with E-state index in [1.807, 2.05) is 18.2 Å². The maximum absolute atomic E-state index is 5.83. The molecule has 90 valence electrons. The Balaban J connectivity index is 2.01. The van der Waals surface area contributed by atoms with Gasteiger partial charge in [-0.2, -0.15) is 0 Å². The molecule has 1 N–H and O–H groups in total. The van der Waals surface area contributed by atoms with Crippen molar-refractivity contribution < 1.29 is 9.15 Å². The Morgan fingerprint density at radius 1 is 1.41 bits per heavy atom. The molecule has 2 atom stereocenters. The van der Waals surface area contributed by atoms with Crippen LogP contribution in [-0.2, 0) is 0 Å². The molecule has 1 aromatic heterocycles. The summed E-state index contributed by atoms with van der Waals surface area (Å²) in [6.45, 7) is 4.21. The second-order valence-corrected chi connectivity index (χ2v) is 4.63. The van der Waals surface area contributed by atoms with E-state index < -0.39 is 0 Å². The molecule has 1 saturated heterocycles. The van der Waals surface area contributed by atoms with E-state index in [0.717, 1.165) is 35.8 Å². The van der Waals surface area contributed by atoms with Crippen molar-refractivity contribution in [3.63, 3.8) is 0 Å². The van der Waals surface area contributed by atoms with Crippen molar-refractivity contribution in [1.82, 2.24) is 10.3 Å².